The van der Waals surface area contributed by atoms with Crippen LogP contribution in [0.3, 0.4) is 0 Å². The average molecular weight is 258 g/mol. The molecule has 1 aliphatic rings. The van der Waals surface area contributed by atoms with Crippen LogP contribution in [0.25, 0.3) is 0 Å². The first kappa shape index (κ1) is 14.4. The zero-order valence-electron chi connectivity index (χ0n) is 10.4. The third-order valence-electron chi connectivity index (χ3n) is 2.68. The van der Waals surface area contributed by atoms with Crippen LogP contribution >= 0.6 is 0 Å². The topological polar surface area (TPSA) is 87.2 Å². The summed E-state index contributed by atoms with van der Waals surface area (Å²) in [5, 5.41) is 8.68. The Morgan fingerprint density at radius 1 is 1.44 bits per heavy atom. The normalized spacial score (nSPS) is 20.5. The fourth-order valence-corrected chi connectivity index (χ4v) is 1.82. The third-order valence-corrected chi connectivity index (χ3v) is 2.68. The number of rotatable bonds is 5. The number of carboxylic acids is 1. The molecule has 0 aromatic rings. The lowest BCUT2D eigenvalue weighted by Gasteiger charge is -2.37. The van der Waals surface area contributed by atoms with E-state index in [1.807, 2.05) is 6.92 Å². The molecule has 18 heavy (non-hydrogen) atoms. The van der Waals surface area contributed by atoms with Crippen LogP contribution in [0.2, 0.25) is 0 Å². The van der Waals surface area contributed by atoms with E-state index in [9.17, 15) is 14.4 Å². The lowest BCUT2D eigenvalue weighted by Crippen LogP contribution is -2.56. The average Bonchev–Trinajstić information content (AvgIpc) is 2.35. The van der Waals surface area contributed by atoms with E-state index in [1.165, 1.54) is 4.90 Å². The molecule has 0 aliphatic carbocycles. The predicted molar refractivity (Wildman–Crippen MR) is 62.3 cm³/mol. The summed E-state index contributed by atoms with van der Waals surface area (Å²) in [5.74, 6) is -0.943. The zero-order valence-corrected chi connectivity index (χ0v) is 10.4. The summed E-state index contributed by atoms with van der Waals surface area (Å²) in [6.45, 7) is 3.05. The van der Waals surface area contributed by atoms with Crippen molar-refractivity contribution in [2.75, 3.05) is 32.8 Å². The summed E-state index contributed by atoms with van der Waals surface area (Å²) in [6, 6.07) is -0.637. The van der Waals surface area contributed by atoms with E-state index in [1.54, 1.807) is 4.90 Å². The molecule has 7 nitrogen and oxygen atoms in total. The number of aliphatic carboxylic acids is 1. The van der Waals surface area contributed by atoms with Gasteiger partial charge in [-0.1, -0.05) is 6.92 Å². The van der Waals surface area contributed by atoms with Crippen LogP contribution in [0, 0.1) is 0 Å². The summed E-state index contributed by atoms with van der Waals surface area (Å²) in [4.78, 5) is 36.2. The molecule has 0 bridgehead atoms. The number of ether oxygens (including phenoxy) is 1. The van der Waals surface area contributed by atoms with Crippen molar-refractivity contribution >= 4 is 18.3 Å². The van der Waals surface area contributed by atoms with E-state index < -0.39 is 18.1 Å². The number of hydrogen-bond acceptors (Lipinski definition) is 5. The van der Waals surface area contributed by atoms with Crippen LogP contribution in [0.15, 0.2) is 0 Å². The van der Waals surface area contributed by atoms with Crippen LogP contribution in [-0.2, 0) is 14.3 Å². The number of amides is 1. The number of carbonyl (C=O) groups is 3. The lowest BCUT2D eigenvalue weighted by molar-refractivity contribution is -0.139. The SMILES string of the molecule is CCCOC(=O)N1CCN(CC(=O)O)CC1C=O. The molecule has 1 atom stereocenters. The highest BCUT2D eigenvalue weighted by Crippen LogP contribution is 2.10. The highest BCUT2D eigenvalue weighted by Gasteiger charge is 2.31. The molecule has 0 aromatic heterocycles. The summed E-state index contributed by atoms with van der Waals surface area (Å²) < 4.78 is 4.97. The number of aldehydes is 1. The second-order valence-corrected chi connectivity index (χ2v) is 4.14. The number of carbonyl (C=O) groups excluding carboxylic acids is 2. The van der Waals surface area contributed by atoms with Gasteiger partial charge in [0, 0.05) is 19.6 Å². The van der Waals surface area contributed by atoms with Gasteiger partial charge < -0.3 is 14.6 Å². The van der Waals surface area contributed by atoms with Gasteiger partial charge in [0.15, 0.2) is 0 Å². The number of carboxylic acid groups (broad SMARTS) is 1. The summed E-state index contributed by atoms with van der Waals surface area (Å²) >= 11 is 0. The Morgan fingerprint density at radius 2 is 2.17 bits per heavy atom. The van der Waals surface area contributed by atoms with E-state index in [2.05, 4.69) is 0 Å². The largest absolute Gasteiger partial charge is 0.480 e. The maximum Gasteiger partial charge on any atom is 0.410 e. The van der Waals surface area contributed by atoms with Crippen LogP contribution in [-0.4, -0.2) is 72.1 Å². The molecule has 0 saturated carbocycles. The maximum absolute atomic E-state index is 11.7. The van der Waals surface area contributed by atoms with Gasteiger partial charge in [0.1, 0.15) is 12.3 Å². The number of nitrogens with zero attached hydrogens (tertiary/aromatic N) is 2. The molecule has 7 heteroatoms. The van der Waals surface area contributed by atoms with Crippen LogP contribution < -0.4 is 0 Å². The summed E-state index contributed by atoms with van der Waals surface area (Å²) in [6.07, 6.45) is 0.862. The van der Waals surface area contributed by atoms with E-state index in [0.717, 1.165) is 6.42 Å². The molecule has 1 N–H and O–H groups in total. The van der Waals surface area contributed by atoms with E-state index >= 15 is 0 Å². The van der Waals surface area contributed by atoms with Crippen molar-refractivity contribution in [1.29, 1.82) is 0 Å². The minimum Gasteiger partial charge on any atom is -0.480 e. The first-order valence-electron chi connectivity index (χ1n) is 5.91. The van der Waals surface area contributed by atoms with Crippen molar-refractivity contribution in [1.82, 2.24) is 9.80 Å². The van der Waals surface area contributed by atoms with Crippen LogP contribution in [0.1, 0.15) is 13.3 Å². The van der Waals surface area contributed by atoms with Gasteiger partial charge in [0.2, 0.25) is 0 Å². The molecule has 1 fully saturated rings. The minimum atomic E-state index is -0.943. The molecule has 0 spiro atoms. The van der Waals surface area contributed by atoms with E-state index in [0.29, 0.717) is 26.0 Å². The molecule has 1 unspecified atom stereocenters. The zero-order chi connectivity index (χ0) is 13.5. The molecule has 0 radical (unpaired) electrons. The molecule has 1 saturated heterocycles. The molecule has 0 aromatic carbocycles. The molecule has 1 rings (SSSR count). The molecule has 1 heterocycles. The lowest BCUT2D eigenvalue weighted by atomic mass is 10.2. The van der Waals surface area contributed by atoms with Gasteiger partial charge in [-0.15, -0.1) is 0 Å². The van der Waals surface area contributed by atoms with Crippen molar-refractivity contribution in [3.05, 3.63) is 0 Å². The molecular formula is C11H18N2O5. The molecular weight excluding hydrogens is 240 g/mol. The van der Waals surface area contributed by atoms with Crippen molar-refractivity contribution in [3.8, 4) is 0 Å². The Bertz CT molecular complexity index is 321. The maximum atomic E-state index is 11.7. The highest BCUT2D eigenvalue weighted by molar-refractivity contribution is 5.74. The summed E-state index contributed by atoms with van der Waals surface area (Å²) in [7, 11) is 0. The first-order chi connectivity index (χ1) is 8.58. The fraction of sp³-hybridized carbons (Fsp3) is 0.727. The van der Waals surface area contributed by atoms with Gasteiger partial charge in [0.05, 0.1) is 13.2 Å². The van der Waals surface area contributed by atoms with Crippen LogP contribution in [0.4, 0.5) is 4.79 Å². The fourth-order valence-electron chi connectivity index (χ4n) is 1.82. The van der Waals surface area contributed by atoms with E-state index in [-0.39, 0.29) is 13.1 Å². The smallest absolute Gasteiger partial charge is 0.410 e. The number of hydrogen-bond donors (Lipinski definition) is 1. The van der Waals surface area contributed by atoms with Gasteiger partial charge in [-0.3, -0.25) is 14.6 Å². The highest BCUT2D eigenvalue weighted by atomic mass is 16.6. The standard InChI is InChI=1S/C11H18N2O5/c1-2-5-18-11(17)13-4-3-12(7-10(15)16)6-9(13)8-14/h8-9H,2-7H2,1H3,(H,15,16). The van der Waals surface area contributed by atoms with Gasteiger partial charge in [0.25, 0.3) is 0 Å². The quantitative estimate of drug-likeness (QED) is 0.687. The molecule has 102 valence electrons. The second kappa shape index (κ2) is 6.95. The van der Waals surface area contributed by atoms with Gasteiger partial charge in [-0.25, -0.2) is 4.79 Å². The van der Waals surface area contributed by atoms with Gasteiger partial charge in [-0.2, -0.15) is 0 Å². The Balaban J connectivity index is 2.54. The van der Waals surface area contributed by atoms with E-state index in [4.69, 9.17) is 9.84 Å². The third kappa shape index (κ3) is 3.99. The van der Waals surface area contributed by atoms with Crippen LogP contribution in [0.5, 0.6) is 0 Å². The molecule has 1 amide bonds. The second-order valence-electron chi connectivity index (χ2n) is 4.14. The Morgan fingerprint density at radius 3 is 2.72 bits per heavy atom. The number of piperazine rings is 1. The first-order valence-corrected chi connectivity index (χ1v) is 5.91. The van der Waals surface area contributed by atoms with Crippen molar-refractivity contribution in [2.24, 2.45) is 0 Å². The Kier molecular flexibility index (Phi) is 5.57. The van der Waals surface area contributed by atoms with Crippen molar-refractivity contribution < 1.29 is 24.2 Å². The minimum absolute atomic E-state index is 0.123. The summed E-state index contributed by atoms with van der Waals surface area (Å²) in [5.41, 5.74) is 0. The van der Waals surface area contributed by atoms with Gasteiger partial charge in [-0.05, 0) is 6.42 Å². The van der Waals surface area contributed by atoms with Crippen molar-refractivity contribution in [2.45, 2.75) is 19.4 Å². The Labute approximate surface area is 105 Å². The monoisotopic (exact) mass is 258 g/mol. The van der Waals surface area contributed by atoms with Crippen molar-refractivity contribution in [3.63, 3.8) is 0 Å². The van der Waals surface area contributed by atoms with Gasteiger partial charge >= 0.3 is 12.1 Å². The molecule has 1 aliphatic heterocycles. The Hall–Kier alpha value is -1.63. The predicted octanol–water partition coefficient (Wildman–Crippen LogP) is -0.197.